The topological polar surface area (TPSA) is 45.4 Å². The van der Waals surface area contributed by atoms with E-state index in [4.69, 9.17) is 17.3 Å². The van der Waals surface area contributed by atoms with Gasteiger partial charge in [-0.3, -0.25) is 4.90 Å². The molecule has 0 bridgehead atoms. The zero-order chi connectivity index (χ0) is 14.5. The van der Waals surface area contributed by atoms with E-state index in [1.807, 2.05) is 6.07 Å². The highest BCUT2D eigenvalue weighted by Crippen LogP contribution is 2.27. The molecule has 2 N–H and O–H groups in total. The van der Waals surface area contributed by atoms with Crippen molar-refractivity contribution < 1.29 is 0 Å². The standard InChI is InChI=1S/C14H22BrClN4/c1-2-3-12(9-17)19-4-6-20(7-5-19)14-13(15)8-11(16)10-18-14/h8,10,12H,2-7,9,17H2,1H3. The highest BCUT2D eigenvalue weighted by molar-refractivity contribution is 9.10. The Kier molecular flexibility index (Phi) is 6.08. The number of piperazine rings is 1. The van der Waals surface area contributed by atoms with E-state index in [9.17, 15) is 0 Å². The van der Waals surface area contributed by atoms with Crippen molar-refractivity contribution in [2.75, 3.05) is 37.6 Å². The van der Waals surface area contributed by atoms with Crippen LogP contribution in [0.3, 0.4) is 0 Å². The number of pyridine rings is 1. The fourth-order valence-corrected chi connectivity index (χ4v) is 3.61. The van der Waals surface area contributed by atoms with Crippen LogP contribution in [0.5, 0.6) is 0 Å². The maximum absolute atomic E-state index is 5.94. The van der Waals surface area contributed by atoms with Gasteiger partial charge in [-0.05, 0) is 28.4 Å². The van der Waals surface area contributed by atoms with Crippen LogP contribution in [-0.2, 0) is 0 Å². The van der Waals surface area contributed by atoms with Crippen molar-refractivity contribution in [2.24, 2.45) is 5.73 Å². The van der Waals surface area contributed by atoms with Gasteiger partial charge < -0.3 is 10.6 Å². The van der Waals surface area contributed by atoms with E-state index in [1.54, 1.807) is 6.20 Å². The summed E-state index contributed by atoms with van der Waals surface area (Å²) in [7, 11) is 0. The lowest BCUT2D eigenvalue weighted by Gasteiger charge is -2.39. The molecular weight excluding hydrogens is 340 g/mol. The van der Waals surface area contributed by atoms with Crippen LogP contribution < -0.4 is 10.6 Å². The van der Waals surface area contributed by atoms with Gasteiger partial charge in [-0.25, -0.2) is 4.98 Å². The maximum Gasteiger partial charge on any atom is 0.143 e. The monoisotopic (exact) mass is 360 g/mol. The fourth-order valence-electron chi connectivity index (χ4n) is 2.72. The van der Waals surface area contributed by atoms with Crippen molar-refractivity contribution >= 4 is 33.3 Å². The van der Waals surface area contributed by atoms with Gasteiger partial charge >= 0.3 is 0 Å². The molecule has 0 saturated carbocycles. The van der Waals surface area contributed by atoms with E-state index in [1.165, 1.54) is 12.8 Å². The SMILES string of the molecule is CCCC(CN)N1CCN(c2ncc(Cl)cc2Br)CC1. The fraction of sp³-hybridized carbons (Fsp3) is 0.643. The van der Waals surface area contributed by atoms with Crippen molar-refractivity contribution in [2.45, 2.75) is 25.8 Å². The maximum atomic E-state index is 5.94. The van der Waals surface area contributed by atoms with Crippen LogP contribution in [-0.4, -0.2) is 48.6 Å². The van der Waals surface area contributed by atoms with Crippen LogP contribution in [0.15, 0.2) is 16.7 Å². The number of nitrogens with zero attached hydrogens (tertiary/aromatic N) is 3. The number of rotatable bonds is 5. The van der Waals surface area contributed by atoms with Crippen LogP contribution in [0.2, 0.25) is 5.02 Å². The van der Waals surface area contributed by atoms with E-state index in [-0.39, 0.29) is 0 Å². The zero-order valence-corrected chi connectivity index (χ0v) is 14.2. The molecule has 1 aromatic rings. The van der Waals surface area contributed by atoms with E-state index >= 15 is 0 Å². The molecule has 1 aromatic heterocycles. The lowest BCUT2D eigenvalue weighted by Crippen LogP contribution is -2.52. The average molecular weight is 362 g/mol. The second-order valence-electron chi connectivity index (χ2n) is 5.16. The number of nitrogens with two attached hydrogens (primary N) is 1. The van der Waals surface area contributed by atoms with Crippen LogP contribution in [0.4, 0.5) is 5.82 Å². The molecule has 1 atom stereocenters. The van der Waals surface area contributed by atoms with Crippen LogP contribution in [0, 0.1) is 0 Å². The minimum atomic E-state index is 0.517. The molecule has 20 heavy (non-hydrogen) atoms. The summed E-state index contributed by atoms with van der Waals surface area (Å²) in [6, 6.07) is 2.42. The Hall–Kier alpha value is -0.360. The Bertz CT molecular complexity index is 435. The minimum Gasteiger partial charge on any atom is -0.353 e. The first-order chi connectivity index (χ1) is 9.65. The summed E-state index contributed by atoms with van der Waals surface area (Å²) in [5.74, 6) is 0.980. The van der Waals surface area contributed by atoms with Gasteiger partial charge in [0.05, 0.1) is 9.50 Å². The van der Waals surface area contributed by atoms with Gasteiger partial charge in [0, 0.05) is 45.0 Å². The van der Waals surface area contributed by atoms with Gasteiger partial charge in [-0.15, -0.1) is 0 Å². The van der Waals surface area contributed by atoms with Crippen molar-refractivity contribution in [3.8, 4) is 0 Å². The molecule has 1 unspecified atom stereocenters. The molecule has 2 rings (SSSR count). The molecule has 1 aliphatic rings. The van der Waals surface area contributed by atoms with Crippen molar-refractivity contribution in [1.82, 2.24) is 9.88 Å². The number of hydrogen-bond acceptors (Lipinski definition) is 4. The molecular formula is C14H22BrClN4. The first-order valence-electron chi connectivity index (χ1n) is 7.15. The molecule has 0 radical (unpaired) electrons. The van der Waals surface area contributed by atoms with Crippen LogP contribution in [0.25, 0.3) is 0 Å². The van der Waals surface area contributed by atoms with E-state index in [2.05, 4.69) is 37.6 Å². The molecule has 6 heteroatoms. The number of aromatic nitrogens is 1. The Balaban J connectivity index is 1.97. The van der Waals surface area contributed by atoms with E-state index < -0.39 is 0 Å². The van der Waals surface area contributed by atoms with Crippen molar-refractivity contribution in [3.63, 3.8) is 0 Å². The lowest BCUT2D eigenvalue weighted by molar-refractivity contribution is 0.179. The average Bonchev–Trinajstić information content (AvgIpc) is 2.45. The molecule has 112 valence electrons. The third kappa shape index (κ3) is 3.85. The summed E-state index contributed by atoms with van der Waals surface area (Å²) in [6.45, 7) is 7.00. The second kappa shape index (κ2) is 7.59. The lowest BCUT2D eigenvalue weighted by atomic mass is 10.1. The normalized spacial score (nSPS) is 18.3. The predicted molar refractivity (Wildman–Crippen MR) is 88.5 cm³/mol. The largest absolute Gasteiger partial charge is 0.353 e. The Labute approximate surface area is 134 Å². The number of anilines is 1. The molecule has 1 saturated heterocycles. The molecule has 2 heterocycles. The summed E-state index contributed by atoms with van der Waals surface area (Å²) < 4.78 is 0.961. The van der Waals surface area contributed by atoms with Crippen LogP contribution in [0.1, 0.15) is 19.8 Å². The van der Waals surface area contributed by atoms with Gasteiger partial charge in [0.15, 0.2) is 0 Å². The zero-order valence-electron chi connectivity index (χ0n) is 11.9. The Morgan fingerprint density at radius 3 is 2.65 bits per heavy atom. The third-order valence-electron chi connectivity index (χ3n) is 3.81. The predicted octanol–water partition coefficient (Wildman–Crippen LogP) is 2.75. The summed E-state index contributed by atoms with van der Waals surface area (Å²) in [5.41, 5.74) is 5.89. The third-order valence-corrected chi connectivity index (χ3v) is 4.60. The summed E-state index contributed by atoms with van der Waals surface area (Å²) in [4.78, 5) is 9.24. The Morgan fingerprint density at radius 2 is 2.10 bits per heavy atom. The number of hydrogen-bond donors (Lipinski definition) is 1. The summed E-state index contributed by atoms with van der Waals surface area (Å²) >= 11 is 9.48. The molecule has 0 aliphatic carbocycles. The first-order valence-corrected chi connectivity index (χ1v) is 8.33. The van der Waals surface area contributed by atoms with Gasteiger partial charge in [0.2, 0.25) is 0 Å². The number of halogens is 2. The van der Waals surface area contributed by atoms with Crippen LogP contribution >= 0.6 is 27.5 Å². The van der Waals surface area contributed by atoms with Gasteiger partial charge in [0.25, 0.3) is 0 Å². The van der Waals surface area contributed by atoms with E-state index in [0.717, 1.165) is 43.0 Å². The first kappa shape index (κ1) is 16.0. The minimum absolute atomic E-state index is 0.517. The van der Waals surface area contributed by atoms with E-state index in [0.29, 0.717) is 11.1 Å². The molecule has 1 aliphatic heterocycles. The highest BCUT2D eigenvalue weighted by atomic mass is 79.9. The highest BCUT2D eigenvalue weighted by Gasteiger charge is 2.24. The molecule has 0 aromatic carbocycles. The quantitative estimate of drug-likeness (QED) is 0.876. The molecule has 1 fully saturated rings. The van der Waals surface area contributed by atoms with Gasteiger partial charge in [-0.2, -0.15) is 0 Å². The van der Waals surface area contributed by atoms with Crippen molar-refractivity contribution in [1.29, 1.82) is 0 Å². The summed E-state index contributed by atoms with van der Waals surface area (Å²) in [6.07, 6.45) is 4.07. The summed E-state index contributed by atoms with van der Waals surface area (Å²) in [5, 5.41) is 0.658. The smallest absolute Gasteiger partial charge is 0.143 e. The second-order valence-corrected chi connectivity index (χ2v) is 6.45. The van der Waals surface area contributed by atoms with Gasteiger partial charge in [0.1, 0.15) is 5.82 Å². The molecule has 0 amide bonds. The molecule has 0 spiro atoms. The van der Waals surface area contributed by atoms with Gasteiger partial charge in [-0.1, -0.05) is 24.9 Å². The molecule has 4 nitrogen and oxygen atoms in total. The van der Waals surface area contributed by atoms with Crippen molar-refractivity contribution in [3.05, 3.63) is 21.8 Å². The Morgan fingerprint density at radius 1 is 1.40 bits per heavy atom.